The maximum atomic E-state index is 13.1. The molecule has 42 heavy (non-hydrogen) atoms. The standard InChI is InChI=1S/C38H24N2O2/c41-27-18-20-37(42)33(23-27)32-22-25(21-31-28-12-5-4-9-24(28)17-19-30(31)32)29-13-8-16-36-38(29)39-34-14-6-7-15-35(34)40(36)26-10-2-1-3-11-26/h1-23,39H. The first-order chi connectivity index (χ1) is 20.7. The second kappa shape index (κ2) is 9.43. The summed E-state index contributed by atoms with van der Waals surface area (Å²) >= 11 is 0. The molecule has 8 rings (SSSR count). The second-order valence-electron chi connectivity index (χ2n) is 10.6. The minimum absolute atomic E-state index is 0.168. The third-order valence-electron chi connectivity index (χ3n) is 8.12. The summed E-state index contributed by atoms with van der Waals surface area (Å²) in [5.41, 5.74) is 8.29. The molecule has 1 heterocycles. The van der Waals surface area contributed by atoms with Crippen LogP contribution in [0.1, 0.15) is 5.56 Å². The summed E-state index contributed by atoms with van der Waals surface area (Å²) in [4.78, 5) is 27.9. The molecule has 0 fully saturated rings. The van der Waals surface area contributed by atoms with Gasteiger partial charge in [-0.2, -0.15) is 0 Å². The van der Waals surface area contributed by atoms with Crippen LogP contribution in [0.5, 0.6) is 0 Å². The van der Waals surface area contributed by atoms with E-state index in [1.165, 1.54) is 18.2 Å². The van der Waals surface area contributed by atoms with Gasteiger partial charge in [0.05, 0.1) is 22.7 Å². The van der Waals surface area contributed by atoms with Gasteiger partial charge in [0.2, 0.25) is 0 Å². The van der Waals surface area contributed by atoms with Gasteiger partial charge < -0.3 is 10.2 Å². The molecule has 6 aromatic carbocycles. The number of nitrogens with one attached hydrogen (secondary N) is 1. The van der Waals surface area contributed by atoms with Gasteiger partial charge in [-0.1, -0.05) is 78.9 Å². The molecule has 1 N–H and O–H groups in total. The van der Waals surface area contributed by atoms with Crippen molar-refractivity contribution in [1.29, 1.82) is 0 Å². The van der Waals surface area contributed by atoms with Gasteiger partial charge in [-0.05, 0) is 93.4 Å². The Morgan fingerprint density at radius 3 is 2.26 bits per heavy atom. The Hall–Kier alpha value is -5.74. The predicted octanol–water partition coefficient (Wildman–Crippen LogP) is 9.28. The lowest BCUT2D eigenvalue weighted by molar-refractivity contribution is -0.113. The number of allylic oxidation sites excluding steroid dienone is 4. The highest BCUT2D eigenvalue weighted by molar-refractivity contribution is 6.36. The summed E-state index contributed by atoms with van der Waals surface area (Å²) in [5.74, 6) is -0.351. The molecule has 6 aromatic rings. The van der Waals surface area contributed by atoms with E-state index in [0.29, 0.717) is 5.57 Å². The minimum atomic E-state index is -0.183. The van der Waals surface area contributed by atoms with E-state index >= 15 is 0 Å². The Kier molecular flexibility index (Phi) is 5.41. The van der Waals surface area contributed by atoms with Crippen LogP contribution in [0.3, 0.4) is 0 Å². The predicted molar refractivity (Wildman–Crippen MR) is 172 cm³/mol. The molecule has 1 aliphatic carbocycles. The molecule has 0 saturated carbocycles. The molecular formula is C38H24N2O2. The van der Waals surface area contributed by atoms with Gasteiger partial charge in [0.15, 0.2) is 11.6 Å². The van der Waals surface area contributed by atoms with Crippen LogP contribution >= 0.6 is 0 Å². The van der Waals surface area contributed by atoms with Crippen molar-refractivity contribution in [3.05, 3.63) is 145 Å². The van der Waals surface area contributed by atoms with Crippen LogP contribution < -0.4 is 10.2 Å². The van der Waals surface area contributed by atoms with Gasteiger partial charge in [-0.25, -0.2) is 0 Å². The van der Waals surface area contributed by atoms with Crippen LogP contribution in [0, 0.1) is 0 Å². The third-order valence-corrected chi connectivity index (χ3v) is 8.12. The molecule has 0 saturated heterocycles. The van der Waals surface area contributed by atoms with Crippen molar-refractivity contribution in [1.82, 2.24) is 0 Å². The fraction of sp³-hybridized carbons (Fsp3) is 0. The number of rotatable bonds is 3. The molecule has 4 nitrogen and oxygen atoms in total. The van der Waals surface area contributed by atoms with Crippen molar-refractivity contribution >= 4 is 67.1 Å². The molecule has 0 radical (unpaired) electrons. The number of anilines is 5. The normalized spacial score (nSPS) is 14.0. The quantitative estimate of drug-likeness (QED) is 0.179. The smallest absolute Gasteiger partial charge is 0.186 e. The summed E-state index contributed by atoms with van der Waals surface area (Å²) in [6.07, 6.45) is 4.17. The zero-order valence-electron chi connectivity index (χ0n) is 22.5. The zero-order valence-corrected chi connectivity index (χ0v) is 22.5. The molecule has 4 heteroatoms. The Bertz CT molecular complexity index is 2160. The zero-order chi connectivity index (χ0) is 28.2. The van der Waals surface area contributed by atoms with Crippen molar-refractivity contribution in [3.8, 4) is 11.1 Å². The van der Waals surface area contributed by atoms with E-state index in [1.807, 2.05) is 24.3 Å². The first-order valence-corrected chi connectivity index (χ1v) is 13.9. The van der Waals surface area contributed by atoms with E-state index in [9.17, 15) is 9.59 Å². The molecule has 0 unspecified atom stereocenters. The number of carbonyl (C=O) groups excluding carboxylic acids is 2. The minimum Gasteiger partial charge on any atom is -0.352 e. The SMILES string of the molecule is O=C1C=CC(=O)C(c2cc(-c3cccc4c3Nc3ccccc3N4c3ccccc3)cc3c2ccc2ccccc23)=C1. The van der Waals surface area contributed by atoms with Crippen LogP contribution in [-0.2, 0) is 9.59 Å². The van der Waals surface area contributed by atoms with Crippen molar-refractivity contribution in [3.63, 3.8) is 0 Å². The lowest BCUT2D eigenvalue weighted by atomic mass is 9.87. The fourth-order valence-corrected chi connectivity index (χ4v) is 6.21. The number of fused-ring (bicyclic) bond motifs is 5. The lowest BCUT2D eigenvalue weighted by Gasteiger charge is -2.35. The number of para-hydroxylation sites is 4. The van der Waals surface area contributed by atoms with E-state index in [4.69, 9.17) is 0 Å². The monoisotopic (exact) mass is 540 g/mol. The summed E-state index contributed by atoms with van der Waals surface area (Å²) in [6.45, 7) is 0. The first-order valence-electron chi connectivity index (χ1n) is 13.9. The van der Waals surface area contributed by atoms with Crippen LogP contribution in [0.15, 0.2) is 140 Å². The molecule has 0 aromatic heterocycles. The molecule has 0 atom stereocenters. The highest BCUT2D eigenvalue weighted by Crippen LogP contribution is 2.51. The topological polar surface area (TPSA) is 49.4 Å². The van der Waals surface area contributed by atoms with Crippen molar-refractivity contribution in [2.24, 2.45) is 0 Å². The number of hydrogen-bond donors (Lipinski definition) is 1. The van der Waals surface area contributed by atoms with Crippen LogP contribution in [0.4, 0.5) is 28.4 Å². The molecule has 0 spiro atoms. The molecule has 0 amide bonds. The largest absolute Gasteiger partial charge is 0.352 e. The average molecular weight is 541 g/mol. The Balaban J connectivity index is 1.42. The maximum absolute atomic E-state index is 13.1. The first kappa shape index (κ1) is 24.1. The summed E-state index contributed by atoms with van der Waals surface area (Å²) < 4.78 is 0. The number of benzene rings is 6. The summed E-state index contributed by atoms with van der Waals surface area (Å²) in [5, 5.41) is 7.90. The average Bonchev–Trinajstić information content (AvgIpc) is 3.04. The van der Waals surface area contributed by atoms with Crippen LogP contribution in [-0.4, -0.2) is 11.6 Å². The molecule has 1 aliphatic heterocycles. The third kappa shape index (κ3) is 3.77. The van der Waals surface area contributed by atoms with Gasteiger partial charge in [0.25, 0.3) is 0 Å². The van der Waals surface area contributed by atoms with Gasteiger partial charge in [-0.3, -0.25) is 9.59 Å². The van der Waals surface area contributed by atoms with E-state index in [2.05, 4.69) is 107 Å². The van der Waals surface area contributed by atoms with Gasteiger partial charge in [0.1, 0.15) is 0 Å². The van der Waals surface area contributed by atoms with Crippen molar-refractivity contribution in [2.75, 3.05) is 10.2 Å². The van der Waals surface area contributed by atoms with Gasteiger partial charge in [0, 0.05) is 16.8 Å². The Labute approximate surface area is 242 Å². The Morgan fingerprint density at radius 2 is 1.36 bits per heavy atom. The highest BCUT2D eigenvalue weighted by atomic mass is 16.1. The lowest BCUT2D eigenvalue weighted by Crippen LogP contribution is -2.18. The molecule has 198 valence electrons. The van der Waals surface area contributed by atoms with Crippen LogP contribution in [0.2, 0.25) is 0 Å². The number of nitrogens with zero attached hydrogens (tertiary/aromatic N) is 1. The van der Waals surface area contributed by atoms with Crippen molar-refractivity contribution in [2.45, 2.75) is 0 Å². The number of hydrogen-bond acceptors (Lipinski definition) is 4. The molecule has 0 bridgehead atoms. The fourth-order valence-electron chi connectivity index (χ4n) is 6.21. The molecular weight excluding hydrogens is 516 g/mol. The summed E-state index contributed by atoms with van der Waals surface area (Å²) in [7, 11) is 0. The summed E-state index contributed by atoms with van der Waals surface area (Å²) in [6, 6.07) is 41.6. The van der Waals surface area contributed by atoms with Gasteiger partial charge in [-0.15, -0.1) is 0 Å². The second-order valence-corrected chi connectivity index (χ2v) is 10.6. The van der Waals surface area contributed by atoms with Crippen LogP contribution in [0.25, 0.3) is 38.2 Å². The van der Waals surface area contributed by atoms with E-state index in [-0.39, 0.29) is 11.6 Å². The Morgan fingerprint density at radius 1 is 0.571 bits per heavy atom. The number of carbonyl (C=O) groups is 2. The van der Waals surface area contributed by atoms with E-state index in [0.717, 1.165) is 66.7 Å². The van der Waals surface area contributed by atoms with Gasteiger partial charge >= 0.3 is 0 Å². The van der Waals surface area contributed by atoms with Crippen molar-refractivity contribution < 1.29 is 9.59 Å². The number of ketones is 2. The highest BCUT2D eigenvalue weighted by Gasteiger charge is 2.27. The molecule has 2 aliphatic rings. The van der Waals surface area contributed by atoms with E-state index < -0.39 is 0 Å². The maximum Gasteiger partial charge on any atom is 0.186 e. The van der Waals surface area contributed by atoms with E-state index in [1.54, 1.807) is 0 Å².